The van der Waals surface area contributed by atoms with Crippen LogP contribution in [0.25, 0.3) is 20.7 Å². The molecule has 0 radical (unpaired) electrons. The highest BCUT2D eigenvalue weighted by molar-refractivity contribution is 7.22. The number of phenolic OH excluding ortho intramolecular Hbond substituents is 1. The molecule has 2 aromatic heterocycles. The fourth-order valence-electron chi connectivity index (χ4n) is 9.66. The Morgan fingerprint density at radius 2 is 1.77 bits per heavy atom. The van der Waals surface area contributed by atoms with Crippen LogP contribution in [0.4, 0.5) is 10.6 Å². The molecule has 1 saturated carbocycles. The van der Waals surface area contributed by atoms with E-state index >= 15 is 4.79 Å². The van der Waals surface area contributed by atoms with Gasteiger partial charge in [0.05, 0.1) is 35.2 Å². The second kappa shape index (κ2) is 13.4. The number of imide groups is 4. The number of ether oxygens (including phenoxy) is 2. The molecule has 290 valence electrons. The maximum atomic E-state index is 15.2. The largest absolute Gasteiger partial charge is 0.508 e. The number of aromatic nitrogens is 2. The summed E-state index contributed by atoms with van der Waals surface area (Å²) in [6, 6.07) is 21.9. The number of aryl methyl sites for hydroxylation is 2. The summed E-state index contributed by atoms with van der Waals surface area (Å²) in [6.07, 6.45) is 0.975. The first-order valence-corrected chi connectivity index (χ1v) is 19.8. The molecule has 5 amide bonds. The van der Waals surface area contributed by atoms with Crippen molar-refractivity contribution in [2.45, 2.75) is 39.2 Å². The summed E-state index contributed by atoms with van der Waals surface area (Å²) in [6.45, 7) is 3.98. The first-order chi connectivity index (χ1) is 27.3. The van der Waals surface area contributed by atoms with Crippen molar-refractivity contribution in [2.75, 3.05) is 12.0 Å². The summed E-state index contributed by atoms with van der Waals surface area (Å²) in [5.74, 6) is -6.16. The van der Waals surface area contributed by atoms with Gasteiger partial charge in [0.1, 0.15) is 29.6 Å². The Bertz CT molecular complexity index is 2600. The van der Waals surface area contributed by atoms with Crippen molar-refractivity contribution in [3.8, 4) is 22.1 Å². The molecule has 14 heteroatoms. The van der Waals surface area contributed by atoms with E-state index < -0.39 is 64.7 Å². The van der Waals surface area contributed by atoms with E-state index in [1.807, 2.05) is 61.5 Å². The SMILES string of the molecule is COC(=O)N1C(=O)C2CC=C3C(CC4C(=O)N(c5cc(-c6sc7ccc(Cl)cc7c6C)nn5C)C(=O)C4(C)C3c3ccc(OCc4ccccc4)cc3O)C2C1=O. The number of rotatable bonds is 6. The van der Waals surface area contributed by atoms with Gasteiger partial charge in [-0.1, -0.05) is 59.6 Å². The van der Waals surface area contributed by atoms with Crippen LogP contribution in [0.15, 0.2) is 84.4 Å². The number of fused-ring (bicyclic) bond motifs is 5. The van der Waals surface area contributed by atoms with Crippen molar-refractivity contribution in [1.29, 1.82) is 0 Å². The molecule has 5 aromatic rings. The summed E-state index contributed by atoms with van der Waals surface area (Å²) in [7, 11) is 2.78. The van der Waals surface area contributed by atoms with E-state index in [2.05, 4.69) is 0 Å². The molecule has 3 fully saturated rings. The zero-order valence-corrected chi connectivity index (χ0v) is 33.0. The zero-order chi connectivity index (χ0) is 40.1. The summed E-state index contributed by atoms with van der Waals surface area (Å²) in [4.78, 5) is 72.8. The summed E-state index contributed by atoms with van der Waals surface area (Å²) < 4.78 is 13.3. The third-order valence-corrected chi connectivity index (χ3v) is 13.9. The Labute approximate surface area is 336 Å². The minimum atomic E-state index is -1.43. The molecule has 4 aliphatic rings. The molecule has 0 bridgehead atoms. The van der Waals surface area contributed by atoms with Crippen LogP contribution in [0.3, 0.4) is 0 Å². The summed E-state index contributed by atoms with van der Waals surface area (Å²) in [5, 5.41) is 18.1. The predicted octanol–water partition coefficient (Wildman–Crippen LogP) is 7.55. The minimum absolute atomic E-state index is 0.0645. The lowest BCUT2D eigenvalue weighted by Gasteiger charge is -2.49. The molecule has 2 aliphatic heterocycles. The number of benzene rings is 3. The highest BCUT2D eigenvalue weighted by Gasteiger charge is 2.68. The van der Waals surface area contributed by atoms with Crippen molar-refractivity contribution < 1.29 is 38.6 Å². The van der Waals surface area contributed by atoms with E-state index in [4.69, 9.17) is 26.2 Å². The minimum Gasteiger partial charge on any atom is -0.508 e. The smallest absolute Gasteiger partial charge is 0.423 e. The number of hydrogen-bond acceptors (Lipinski definition) is 10. The number of thiophene rings is 1. The van der Waals surface area contributed by atoms with Crippen molar-refractivity contribution in [3.63, 3.8) is 0 Å². The van der Waals surface area contributed by atoms with Crippen LogP contribution in [0.2, 0.25) is 5.02 Å². The van der Waals surface area contributed by atoms with Gasteiger partial charge in [0.25, 0.3) is 0 Å². The van der Waals surface area contributed by atoms with Gasteiger partial charge >= 0.3 is 6.09 Å². The standard InChI is InChI=1S/C43H37ClN4O8S/c1-21-28-16-23(44)10-15-33(28)57-37(21)31-19-34(46(3)45-31)47-39(51)30-18-29-25(13-14-27-35(29)40(52)48(38(27)50)42(54)55-4)36(43(30,2)41(47)53)26-12-11-24(17-32(26)49)56-20-22-8-6-5-7-9-22/h5-13,15-17,19,27,29-30,35-36,49H,14,18,20H2,1-4H3. The molecular formula is C43H37ClN4O8S. The maximum Gasteiger partial charge on any atom is 0.423 e. The van der Waals surface area contributed by atoms with Gasteiger partial charge in [0.2, 0.25) is 23.6 Å². The number of hydrogen-bond donors (Lipinski definition) is 1. The average Bonchev–Trinajstić information content (AvgIpc) is 3.87. The third kappa shape index (κ3) is 5.46. The predicted molar refractivity (Wildman–Crippen MR) is 212 cm³/mol. The lowest BCUT2D eigenvalue weighted by molar-refractivity contribution is -0.138. The fourth-order valence-corrected chi connectivity index (χ4v) is 11.0. The molecule has 4 heterocycles. The summed E-state index contributed by atoms with van der Waals surface area (Å²) in [5.41, 5.74) is 2.09. The Morgan fingerprint density at radius 3 is 2.51 bits per heavy atom. The van der Waals surface area contributed by atoms with Crippen LogP contribution in [-0.4, -0.2) is 56.6 Å². The van der Waals surface area contributed by atoms with Gasteiger partial charge in [-0.25, -0.2) is 9.69 Å². The van der Waals surface area contributed by atoms with Gasteiger partial charge in [-0.05, 0) is 73.4 Å². The van der Waals surface area contributed by atoms with Crippen molar-refractivity contribution >= 4 is 68.6 Å². The number of phenols is 1. The maximum absolute atomic E-state index is 15.2. The van der Waals surface area contributed by atoms with E-state index in [1.165, 1.54) is 27.0 Å². The Kier molecular flexibility index (Phi) is 8.67. The van der Waals surface area contributed by atoms with Gasteiger partial charge in [-0.2, -0.15) is 10.00 Å². The normalized spacial score (nSPS) is 25.4. The first-order valence-electron chi connectivity index (χ1n) is 18.6. The average molecular weight is 805 g/mol. The number of nitrogens with zero attached hydrogens (tertiary/aromatic N) is 4. The number of allylic oxidation sites excluding steroid dienone is 2. The van der Waals surface area contributed by atoms with Crippen LogP contribution >= 0.6 is 22.9 Å². The molecule has 1 N–H and O–H groups in total. The van der Waals surface area contributed by atoms with E-state index in [-0.39, 0.29) is 31.0 Å². The van der Waals surface area contributed by atoms with E-state index in [0.29, 0.717) is 32.5 Å². The number of likely N-dealkylation sites (tertiary alicyclic amines) is 1. The second-order valence-corrected chi connectivity index (χ2v) is 16.8. The van der Waals surface area contributed by atoms with Gasteiger partial charge in [0.15, 0.2) is 0 Å². The molecule has 3 aromatic carbocycles. The highest BCUT2D eigenvalue weighted by atomic mass is 35.5. The zero-order valence-electron chi connectivity index (χ0n) is 31.4. The highest BCUT2D eigenvalue weighted by Crippen LogP contribution is 2.64. The molecule has 2 saturated heterocycles. The number of amides is 5. The first kappa shape index (κ1) is 36.8. The molecule has 6 atom stereocenters. The Balaban J connectivity index is 1.14. The molecule has 6 unspecified atom stereocenters. The number of anilines is 1. The number of methoxy groups -OCH3 is 1. The number of aromatic hydroxyl groups is 1. The fraction of sp³-hybridized carbons (Fsp3) is 0.302. The topological polar surface area (TPSA) is 148 Å². The van der Waals surface area contributed by atoms with E-state index in [1.54, 1.807) is 32.2 Å². The molecule has 57 heavy (non-hydrogen) atoms. The lowest BCUT2D eigenvalue weighted by Crippen LogP contribution is -2.49. The third-order valence-electron chi connectivity index (χ3n) is 12.4. The van der Waals surface area contributed by atoms with E-state index in [0.717, 1.165) is 33.2 Å². The quantitative estimate of drug-likeness (QED) is 0.136. The monoisotopic (exact) mass is 804 g/mol. The number of carbonyl (C=O) groups excluding carboxylic acids is 5. The summed E-state index contributed by atoms with van der Waals surface area (Å²) >= 11 is 7.85. The van der Waals surface area contributed by atoms with Crippen molar-refractivity contribution in [1.82, 2.24) is 14.7 Å². The molecule has 2 aliphatic carbocycles. The molecule has 9 rings (SSSR count). The van der Waals surface area contributed by atoms with Crippen LogP contribution in [0.5, 0.6) is 11.5 Å². The van der Waals surface area contributed by atoms with Crippen molar-refractivity contribution in [3.05, 3.63) is 106 Å². The Morgan fingerprint density at radius 1 is 1.00 bits per heavy atom. The Hall–Kier alpha value is -5.79. The number of carbonyl (C=O) groups is 5. The van der Waals surface area contributed by atoms with Crippen LogP contribution in [0, 0.1) is 36.0 Å². The molecular weight excluding hydrogens is 768 g/mol. The lowest BCUT2D eigenvalue weighted by atomic mass is 9.51. The van der Waals surface area contributed by atoms with Gasteiger partial charge in [-0.3, -0.25) is 23.9 Å². The van der Waals surface area contributed by atoms with Crippen LogP contribution in [-0.2, 0) is 37.6 Å². The van der Waals surface area contributed by atoms with Crippen LogP contribution in [0.1, 0.15) is 42.4 Å². The second-order valence-electron chi connectivity index (χ2n) is 15.3. The molecule has 0 spiro atoms. The van der Waals surface area contributed by atoms with Gasteiger partial charge in [-0.15, -0.1) is 11.3 Å². The van der Waals surface area contributed by atoms with Gasteiger partial charge < -0.3 is 14.6 Å². The van der Waals surface area contributed by atoms with E-state index in [9.17, 15) is 24.3 Å². The van der Waals surface area contributed by atoms with Crippen LogP contribution < -0.4 is 9.64 Å². The van der Waals surface area contributed by atoms with Crippen molar-refractivity contribution in [2.24, 2.45) is 36.1 Å². The molecule has 12 nitrogen and oxygen atoms in total. The van der Waals surface area contributed by atoms with Gasteiger partial charge in [0, 0.05) is 40.4 Å². The number of halogens is 1.